The molecule has 0 fully saturated rings. The third-order valence-corrected chi connectivity index (χ3v) is 4.85. The van der Waals surface area contributed by atoms with Crippen molar-refractivity contribution in [2.45, 2.75) is 0 Å². The van der Waals surface area contributed by atoms with Crippen LogP contribution in [0.4, 0.5) is 5.69 Å². The minimum atomic E-state index is -0.590. The summed E-state index contributed by atoms with van der Waals surface area (Å²) in [5, 5.41) is 3.36. The number of hydrogen-bond acceptors (Lipinski definition) is 5. The fraction of sp³-hybridized carbons (Fsp3) is 0.0435. The van der Waals surface area contributed by atoms with Crippen LogP contribution in [0.3, 0.4) is 0 Å². The molecule has 148 valence electrons. The van der Waals surface area contributed by atoms with Gasteiger partial charge in [-0.05, 0) is 42.5 Å². The van der Waals surface area contributed by atoms with E-state index in [2.05, 4.69) is 31.2 Å². The summed E-state index contributed by atoms with van der Waals surface area (Å²) in [5.74, 6) is -1.01. The van der Waals surface area contributed by atoms with Gasteiger partial charge in [-0.2, -0.15) is 0 Å². The number of pyridine rings is 2. The Morgan fingerprint density at radius 3 is 2.57 bits per heavy atom. The van der Waals surface area contributed by atoms with Crippen LogP contribution in [0.5, 0.6) is 0 Å². The highest BCUT2D eigenvalue weighted by Gasteiger charge is 2.16. The molecule has 0 saturated carbocycles. The fourth-order valence-corrected chi connectivity index (χ4v) is 3.39. The number of aromatic nitrogens is 2. The molecule has 0 unspecified atom stereocenters. The Morgan fingerprint density at radius 2 is 1.77 bits per heavy atom. The number of fused-ring (bicyclic) bond motifs is 1. The highest BCUT2D eigenvalue weighted by molar-refractivity contribution is 9.10. The van der Waals surface area contributed by atoms with Crippen molar-refractivity contribution < 1.29 is 14.3 Å². The van der Waals surface area contributed by atoms with E-state index >= 15 is 0 Å². The van der Waals surface area contributed by atoms with Crippen LogP contribution in [0.1, 0.15) is 10.4 Å². The number of carbonyl (C=O) groups excluding carboxylic acids is 2. The third kappa shape index (κ3) is 4.52. The van der Waals surface area contributed by atoms with Crippen LogP contribution in [-0.2, 0) is 9.53 Å². The molecule has 0 aliphatic rings. The monoisotopic (exact) mass is 461 g/mol. The van der Waals surface area contributed by atoms with Gasteiger partial charge in [-0.15, -0.1) is 0 Å². The van der Waals surface area contributed by atoms with Crippen LogP contribution < -0.4 is 5.32 Å². The fourth-order valence-electron chi connectivity index (χ4n) is 2.99. The SMILES string of the molecule is O=C(COC(=O)c1cc(-c2ccncc2)nc2ccccc12)Nc1cccc(Br)c1. The molecular weight excluding hydrogens is 446 g/mol. The number of carbonyl (C=O) groups is 2. The first-order valence-corrected chi connectivity index (χ1v) is 9.92. The lowest BCUT2D eigenvalue weighted by Crippen LogP contribution is -2.21. The highest BCUT2D eigenvalue weighted by Crippen LogP contribution is 2.25. The van der Waals surface area contributed by atoms with Crippen LogP contribution in [0, 0.1) is 0 Å². The quantitative estimate of drug-likeness (QED) is 0.429. The second kappa shape index (κ2) is 8.84. The van der Waals surface area contributed by atoms with Gasteiger partial charge in [0.15, 0.2) is 6.61 Å². The molecule has 2 aromatic heterocycles. The predicted octanol–water partition coefficient (Wildman–Crippen LogP) is 4.85. The maximum atomic E-state index is 12.8. The van der Waals surface area contributed by atoms with Crippen molar-refractivity contribution in [1.82, 2.24) is 9.97 Å². The number of nitrogens with one attached hydrogen (secondary N) is 1. The molecule has 0 radical (unpaired) electrons. The molecule has 2 heterocycles. The van der Waals surface area contributed by atoms with Gasteiger partial charge in [0.1, 0.15) is 0 Å². The van der Waals surface area contributed by atoms with E-state index < -0.39 is 18.5 Å². The van der Waals surface area contributed by atoms with Gasteiger partial charge in [0.25, 0.3) is 5.91 Å². The normalized spacial score (nSPS) is 10.6. The van der Waals surface area contributed by atoms with Gasteiger partial charge in [-0.3, -0.25) is 9.78 Å². The second-order valence-electron chi connectivity index (χ2n) is 6.44. The van der Waals surface area contributed by atoms with Gasteiger partial charge < -0.3 is 10.1 Å². The average molecular weight is 462 g/mol. The standard InChI is InChI=1S/C23H16BrN3O3/c24-16-4-3-5-17(12-16)26-22(28)14-30-23(29)19-13-21(15-8-10-25-11-9-15)27-20-7-2-1-6-18(19)20/h1-13H,14H2,(H,26,28). The molecule has 2 aromatic carbocycles. The highest BCUT2D eigenvalue weighted by atomic mass is 79.9. The summed E-state index contributed by atoms with van der Waals surface area (Å²) in [7, 11) is 0. The molecule has 1 amide bonds. The number of benzene rings is 2. The van der Waals surface area contributed by atoms with Gasteiger partial charge in [-0.1, -0.05) is 40.2 Å². The summed E-state index contributed by atoms with van der Waals surface area (Å²) in [4.78, 5) is 33.6. The molecule has 0 aliphatic carbocycles. The number of anilines is 1. The zero-order valence-electron chi connectivity index (χ0n) is 15.7. The predicted molar refractivity (Wildman–Crippen MR) is 118 cm³/mol. The van der Waals surface area contributed by atoms with Gasteiger partial charge >= 0.3 is 5.97 Å². The van der Waals surface area contributed by atoms with E-state index in [0.717, 1.165) is 10.0 Å². The number of amides is 1. The molecule has 6 nitrogen and oxygen atoms in total. The summed E-state index contributed by atoms with van der Waals surface area (Å²) < 4.78 is 6.13. The summed E-state index contributed by atoms with van der Waals surface area (Å²) in [6.07, 6.45) is 3.33. The lowest BCUT2D eigenvalue weighted by atomic mass is 10.0. The summed E-state index contributed by atoms with van der Waals surface area (Å²) in [6, 6.07) is 19.8. The Hall–Kier alpha value is -3.58. The minimum Gasteiger partial charge on any atom is -0.452 e. The maximum Gasteiger partial charge on any atom is 0.339 e. The largest absolute Gasteiger partial charge is 0.452 e. The molecule has 7 heteroatoms. The lowest BCUT2D eigenvalue weighted by Gasteiger charge is -2.10. The Balaban J connectivity index is 1.56. The number of para-hydroxylation sites is 1. The number of ether oxygens (including phenoxy) is 1. The van der Waals surface area contributed by atoms with E-state index in [-0.39, 0.29) is 0 Å². The number of nitrogens with zero attached hydrogens (tertiary/aromatic N) is 2. The number of halogens is 1. The van der Waals surface area contributed by atoms with Crippen molar-refractivity contribution in [2.75, 3.05) is 11.9 Å². The van der Waals surface area contributed by atoms with E-state index in [9.17, 15) is 9.59 Å². The van der Waals surface area contributed by atoms with E-state index in [0.29, 0.717) is 27.8 Å². The maximum absolute atomic E-state index is 12.8. The summed E-state index contributed by atoms with van der Waals surface area (Å²) >= 11 is 3.35. The van der Waals surface area contributed by atoms with Gasteiger partial charge in [0.05, 0.1) is 16.8 Å². The van der Waals surface area contributed by atoms with Crippen LogP contribution in [-0.4, -0.2) is 28.5 Å². The van der Waals surface area contributed by atoms with Crippen molar-refractivity contribution in [3.05, 3.63) is 89.2 Å². The molecule has 0 bridgehead atoms. The molecule has 30 heavy (non-hydrogen) atoms. The Bertz CT molecular complexity index is 1230. The van der Waals surface area contributed by atoms with Crippen LogP contribution in [0.15, 0.2) is 83.6 Å². The van der Waals surface area contributed by atoms with Gasteiger partial charge in [0.2, 0.25) is 0 Å². The van der Waals surface area contributed by atoms with Crippen molar-refractivity contribution in [2.24, 2.45) is 0 Å². The van der Waals surface area contributed by atoms with E-state index in [1.807, 2.05) is 36.4 Å². The Labute approximate surface area is 181 Å². The first-order chi connectivity index (χ1) is 14.6. The molecular formula is C23H16BrN3O3. The van der Waals surface area contributed by atoms with E-state index in [4.69, 9.17) is 4.74 Å². The molecule has 0 spiro atoms. The zero-order valence-corrected chi connectivity index (χ0v) is 17.3. The van der Waals surface area contributed by atoms with Crippen LogP contribution in [0.2, 0.25) is 0 Å². The topological polar surface area (TPSA) is 81.2 Å². The molecule has 0 atom stereocenters. The first kappa shape index (κ1) is 19.7. The molecule has 0 aliphatic heterocycles. The average Bonchev–Trinajstić information content (AvgIpc) is 2.77. The number of rotatable bonds is 5. The Kier molecular flexibility index (Phi) is 5.81. The van der Waals surface area contributed by atoms with E-state index in [1.165, 1.54) is 0 Å². The second-order valence-corrected chi connectivity index (χ2v) is 7.36. The summed E-state index contributed by atoms with van der Waals surface area (Å²) in [5.41, 5.74) is 3.08. The third-order valence-electron chi connectivity index (χ3n) is 4.35. The first-order valence-electron chi connectivity index (χ1n) is 9.13. The zero-order chi connectivity index (χ0) is 20.9. The number of esters is 1. The molecule has 4 aromatic rings. The van der Waals surface area contributed by atoms with Crippen molar-refractivity contribution in [3.8, 4) is 11.3 Å². The number of hydrogen-bond donors (Lipinski definition) is 1. The molecule has 0 saturated heterocycles. The molecule has 4 rings (SSSR count). The van der Waals surface area contributed by atoms with E-state index in [1.54, 1.807) is 42.7 Å². The van der Waals surface area contributed by atoms with Gasteiger partial charge in [-0.25, -0.2) is 9.78 Å². The Morgan fingerprint density at radius 1 is 0.967 bits per heavy atom. The minimum absolute atomic E-state index is 0.350. The van der Waals surface area contributed by atoms with Crippen molar-refractivity contribution >= 4 is 44.4 Å². The van der Waals surface area contributed by atoms with Crippen molar-refractivity contribution in [3.63, 3.8) is 0 Å². The lowest BCUT2D eigenvalue weighted by molar-refractivity contribution is -0.119. The van der Waals surface area contributed by atoms with Gasteiger partial charge in [0, 0.05) is 33.5 Å². The molecule has 1 N–H and O–H groups in total. The van der Waals surface area contributed by atoms with Crippen molar-refractivity contribution in [1.29, 1.82) is 0 Å². The van der Waals surface area contributed by atoms with Crippen LogP contribution in [0.25, 0.3) is 22.2 Å². The smallest absolute Gasteiger partial charge is 0.339 e. The summed E-state index contributed by atoms with van der Waals surface area (Å²) in [6.45, 7) is -0.396. The van der Waals surface area contributed by atoms with Crippen LogP contribution >= 0.6 is 15.9 Å².